The van der Waals surface area contributed by atoms with Crippen LogP contribution < -0.4 is 0 Å². The van der Waals surface area contributed by atoms with Gasteiger partial charge in [0.2, 0.25) is 0 Å². The Morgan fingerprint density at radius 1 is 1.33 bits per heavy atom. The average molecular weight is 315 g/mol. The van der Waals surface area contributed by atoms with E-state index in [0.29, 0.717) is 15.7 Å². The van der Waals surface area contributed by atoms with E-state index in [4.69, 9.17) is 0 Å². The first-order chi connectivity index (χ1) is 8.47. The molecule has 2 aromatic rings. The van der Waals surface area contributed by atoms with Crippen molar-refractivity contribution in [2.75, 3.05) is 0 Å². The van der Waals surface area contributed by atoms with E-state index in [0.717, 1.165) is 18.2 Å². The van der Waals surface area contributed by atoms with E-state index in [1.165, 1.54) is 10.9 Å². The number of ketones is 1. The van der Waals surface area contributed by atoms with Crippen LogP contribution in [0.3, 0.4) is 0 Å². The van der Waals surface area contributed by atoms with Gasteiger partial charge in [0.05, 0.1) is 10.7 Å². The van der Waals surface area contributed by atoms with Crippen LogP contribution in [0.25, 0.3) is 0 Å². The van der Waals surface area contributed by atoms with Gasteiger partial charge in [0.25, 0.3) is 0 Å². The number of benzene rings is 1. The lowest BCUT2D eigenvalue weighted by molar-refractivity contribution is 0.0983. The highest BCUT2D eigenvalue weighted by Gasteiger charge is 2.16. The van der Waals surface area contributed by atoms with Crippen LogP contribution >= 0.6 is 15.9 Å². The highest BCUT2D eigenvalue weighted by molar-refractivity contribution is 9.10. The standard InChI is InChI=1S/C12H9BrF2N2O/c1-17-12(10(13)6-16-17)11(18)4-7-2-8(14)5-9(15)3-7/h2-3,5-6H,4H2,1H3. The van der Waals surface area contributed by atoms with Crippen LogP contribution in [0.2, 0.25) is 0 Å². The van der Waals surface area contributed by atoms with Crippen LogP contribution in [-0.2, 0) is 13.5 Å². The number of hydrogen-bond acceptors (Lipinski definition) is 2. The second-order valence-corrected chi connectivity index (χ2v) is 4.70. The summed E-state index contributed by atoms with van der Waals surface area (Å²) in [5.74, 6) is -1.64. The average Bonchev–Trinajstić information content (AvgIpc) is 2.56. The van der Waals surface area contributed by atoms with Crippen LogP contribution in [-0.4, -0.2) is 15.6 Å². The first-order valence-electron chi connectivity index (χ1n) is 5.13. The Morgan fingerprint density at radius 3 is 2.44 bits per heavy atom. The van der Waals surface area contributed by atoms with Crippen molar-refractivity contribution in [2.24, 2.45) is 7.05 Å². The molecule has 0 spiro atoms. The van der Waals surface area contributed by atoms with Crippen molar-refractivity contribution < 1.29 is 13.6 Å². The fourth-order valence-corrected chi connectivity index (χ4v) is 2.28. The second kappa shape index (κ2) is 4.97. The summed E-state index contributed by atoms with van der Waals surface area (Å²) in [5.41, 5.74) is 0.672. The number of aromatic nitrogens is 2. The van der Waals surface area contributed by atoms with E-state index in [2.05, 4.69) is 21.0 Å². The highest BCUT2D eigenvalue weighted by atomic mass is 79.9. The maximum Gasteiger partial charge on any atom is 0.186 e. The summed E-state index contributed by atoms with van der Waals surface area (Å²) < 4.78 is 28.0. The maximum atomic E-state index is 13.0. The summed E-state index contributed by atoms with van der Waals surface area (Å²) in [5, 5.41) is 3.91. The van der Waals surface area contributed by atoms with Crippen LogP contribution in [0.15, 0.2) is 28.9 Å². The molecule has 6 heteroatoms. The summed E-state index contributed by atoms with van der Waals surface area (Å²) in [7, 11) is 1.63. The monoisotopic (exact) mass is 314 g/mol. The SMILES string of the molecule is Cn1ncc(Br)c1C(=O)Cc1cc(F)cc(F)c1. The Kier molecular flexibility index (Phi) is 3.56. The second-order valence-electron chi connectivity index (χ2n) is 3.84. The Bertz CT molecular complexity index is 570. The van der Waals surface area contributed by atoms with Gasteiger partial charge < -0.3 is 0 Å². The largest absolute Gasteiger partial charge is 0.292 e. The molecule has 0 atom stereocenters. The minimum atomic E-state index is -0.693. The lowest BCUT2D eigenvalue weighted by atomic mass is 10.1. The molecule has 3 nitrogen and oxygen atoms in total. The number of carbonyl (C=O) groups excluding carboxylic acids is 1. The third kappa shape index (κ3) is 2.64. The molecule has 0 aliphatic carbocycles. The summed E-state index contributed by atoms with van der Waals surface area (Å²) in [4.78, 5) is 12.0. The lowest BCUT2D eigenvalue weighted by Crippen LogP contribution is -2.10. The molecule has 0 bridgehead atoms. The van der Waals surface area contributed by atoms with Gasteiger partial charge in [0.15, 0.2) is 5.78 Å². The lowest BCUT2D eigenvalue weighted by Gasteiger charge is -2.03. The fourth-order valence-electron chi connectivity index (χ4n) is 1.71. The molecule has 0 unspecified atom stereocenters. The smallest absolute Gasteiger partial charge is 0.186 e. The molecule has 1 aromatic carbocycles. The van der Waals surface area contributed by atoms with Crippen LogP contribution in [0.5, 0.6) is 0 Å². The molecule has 1 aromatic heterocycles. The van der Waals surface area contributed by atoms with Crippen molar-refractivity contribution in [1.29, 1.82) is 0 Å². The fraction of sp³-hybridized carbons (Fsp3) is 0.167. The van der Waals surface area contributed by atoms with Crippen LogP contribution in [0, 0.1) is 11.6 Å². The van der Waals surface area contributed by atoms with Gasteiger partial charge in [-0.15, -0.1) is 0 Å². The van der Waals surface area contributed by atoms with E-state index in [1.807, 2.05) is 0 Å². The molecule has 94 valence electrons. The van der Waals surface area contributed by atoms with Crippen molar-refractivity contribution in [3.8, 4) is 0 Å². The molecule has 0 aliphatic heterocycles. The maximum absolute atomic E-state index is 13.0. The normalized spacial score (nSPS) is 10.7. The van der Waals surface area contributed by atoms with E-state index in [9.17, 15) is 13.6 Å². The number of carbonyl (C=O) groups is 1. The van der Waals surface area contributed by atoms with Gasteiger partial charge in [0.1, 0.15) is 17.3 Å². The first kappa shape index (κ1) is 12.9. The van der Waals surface area contributed by atoms with Crippen molar-refractivity contribution >= 4 is 21.7 Å². The van der Waals surface area contributed by atoms with Crippen molar-refractivity contribution in [3.05, 3.63) is 51.8 Å². The topological polar surface area (TPSA) is 34.9 Å². The summed E-state index contributed by atoms with van der Waals surface area (Å²) in [6.07, 6.45) is 1.42. The molecule has 18 heavy (non-hydrogen) atoms. The summed E-state index contributed by atoms with van der Waals surface area (Å²) >= 11 is 3.21. The number of halogens is 3. The molecular weight excluding hydrogens is 306 g/mol. The zero-order valence-corrected chi connectivity index (χ0v) is 11.0. The Labute approximate surface area is 111 Å². The molecule has 0 amide bonds. The van der Waals surface area contributed by atoms with Crippen molar-refractivity contribution in [1.82, 2.24) is 9.78 Å². The van der Waals surface area contributed by atoms with Gasteiger partial charge in [-0.05, 0) is 33.6 Å². The van der Waals surface area contributed by atoms with Crippen molar-refractivity contribution in [3.63, 3.8) is 0 Å². The zero-order valence-electron chi connectivity index (χ0n) is 9.45. The predicted octanol–water partition coefficient (Wildman–Crippen LogP) is 2.89. The van der Waals surface area contributed by atoms with Gasteiger partial charge >= 0.3 is 0 Å². The molecular formula is C12H9BrF2N2O. The van der Waals surface area contributed by atoms with Crippen molar-refractivity contribution in [2.45, 2.75) is 6.42 Å². The molecule has 1 heterocycles. The van der Waals surface area contributed by atoms with E-state index in [1.54, 1.807) is 7.05 Å². The Hall–Kier alpha value is -1.56. The summed E-state index contributed by atoms with van der Waals surface area (Å²) in [6, 6.07) is 3.06. The molecule has 0 saturated heterocycles. The van der Waals surface area contributed by atoms with Gasteiger partial charge in [0, 0.05) is 19.5 Å². The molecule has 0 aliphatic rings. The Morgan fingerprint density at radius 2 is 1.94 bits per heavy atom. The minimum Gasteiger partial charge on any atom is -0.292 e. The molecule has 0 N–H and O–H groups in total. The predicted molar refractivity (Wildman–Crippen MR) is 65.3 cm³/mol. The van der Waals surface area contributed by atoms with Gasteiger partial charge in [-0.25, -0.2) is 8.78 Å². The molecule has 2 rings (SSSR count). The quantitative estimate of drug-likeness (QED) is 0.816. The zero-order chi connectivity index (χ0) is 13.3. The number of hydrogen-bond donors (Lipinski definition) is 0. The number of rotatable bonds is 3. The molecule has 0 radical (unpaired) electrons. The molecule has 0 saturated carbocycles. The first-order valence-corrected chi connectivity index (χ1v) is 5.92. The Balaban J connectivity index is 2.27. The van der Waals surface area contributed by atoms with Gasteiger partial charge in [-0.2, -0.15) is 5.10 Å². The van der Waals surface area contributed by atoms with Gasteiger partial charge in [-0.3, -0.25) is 9.48 Å². The number of Topliss-reactive ketones (excluding diaryl/α,β-unsaturated/α-hetero) is 1. The minimum absolute atomic E-state index is 0.0766. The van der Waals surface area contributed by atoms with E-state index < -0.39 is 11.6 Å². The number of nitrogens with zero attached hydrogens (tertiary/aromatic N) is 2. The van der Waals surface area contributed by atoms with Gasteiger partial charge in [-0.1, -0.05) is 0 Å². The molecule has 0 fully saturated rings. The van der Waals surface area contributed by atoms with Crippen LogP contribution in [0.4, 0.5) is 8.78 Å². The third-order valence-electron chi connectivity index (χ3n) is 2.45. The highest BCUT2D eigenvalue weighted by Crippen LogP contribution is 2.18. The third-order valence-corrected chi connectivity index (χ3v) is 3.03. The summed E-state index contributed by atoms with van der Waals surface area (Å²) in [6.45, 7) is 0. The number of aryl methyl sites for hydroxylation is 1. The van der Waals surface area contributed by atoms with E-state index >= 15 is 0 Å². The van der Waals surface area contributed by atoms with E-state index in [-0.39, 0.29) is 12.2 Å². The van der Waals surface area contributed by atoms with Crippen LogP contribution in [0.1, 0.15) is 16.1 Å².